The Hall–Kier alpha value is -4.82. The van der Waals surface area contributed by atoms with Crippen LogP contribution in [0.1, 0.15) is 121 Å². The van der Waals surface area contributed by atoms with E-state index in [9.17, 15) is 0 Å². The van der Waals surface area contributed by atoms with E-state index < -0.39 is 0 Å². The fourth-order valence-electron chi connectivity index (χ4n) is 9.14. The largest absolute Gasteiger partial charge is 0.355 e. The fourth-order valence-corrected chi connectivity index (χ4v) is 9.14. The Balaban J connectivity index is 1.47. The zero-order valence-electron chi connectivity index (χ0n) is 34.7. The molecule has 0 spiro atoms. The number of rotatable bonds is 6. The van der Waals surface area contributed by atoms with Crippen LogP contribution in [0.3, 0.4) is 0 Å². The van der Waals surface area contributed by atoms with Gasteiger partial charge in [0.1, 0.15) is 0 Å². The number of benzene rings is 7. The van der Waals surface area contributed by atoms with Crippen molar-refractivity contribution >= 4 is 60.8 Å². The molecule has 0 aliphatic heterocycles. The van der Waals surface area contributed by atoms with Crippen molar-refractivity contribution in [3.63, 3.8) is 0 Å². The van der Waals surface area contributed by atoms with Gasteiger partial charge in [-0.3, -0.25) is 0 Å². The molecule has 7 aromatic rings. The van der Waals surface area contributed by atoms with Crippen molar-refractivity contribution in [1.29, 1.82) is 0 Å². The van der Waals surface area contributed by atoms with Crippen molar-refractivity contribution in [2.24, 2.45) is 0 Å². The topological polar surface area (TPSA) is 15.3 Å². The van der Waals surface area contributed by atoms with Crippen molar-refractivity contribution in [2.75, 3.05) is 10.2 Å². The number of anilines is 5. The molecule has 2 heteroatoms. The molecule has 1 aliphatic carbocycles. The van der Waals surface area contributed by atoms with Gasteiger partial charge in [0.25, 0.3) is 0 Å². The van der Waals surface area contributed by atoms with Gasteiger partial charge >= 0.3 is 0 Å². The van der Waals surface area contributed by atoms with E-state index in [1.54, 1.807) is 0 Å². The highest BCUT2D eigenvalue weighted by molar-refractivity contribution is 6.30. The Morgan fingerprint density at radius 2 is 1.24 bits per heavy atom. The summed E-state index contributed by atoms with van der Waals surface area (Å²) in [5.74, 6) is 0.369. The van der Waals surface area contributed by atoms with Crippen LogP contribution in [0.2, 0.25) is 0 Å². The third-order valence-electron chi connectivity index (χ3n) is 12.4. The van der Waals surface area contributed by atoms with Crippen molar-refractivity contribution in [1.82, 2.24) is 0 Å². The third-order valence-corrected chi connectivity index (χ3v) is 12.4. The molecule has 276 valence electrons. The number of hydrogen-bond donors (Lipinski definition) is 1. The SMILES string of the molecule is Cc1cccc(C)c1N(c1ccc(C(C)(C)C)cc1)c1cc2c3c(cc4c(Nc5ccc(C(C)(C)C)cc5)cc(C(C)C)c5ccc1c3c45)C(C)(C)CC2. The Morgan fingerprint density at radius 1 is 0.648 bits per heavy atom. The minimum atomic E-state index is 0.0543. The molecule has 7 aromatic carbocycles. The maximum atomic E-state index is 3.95. The predicted molar refractivity (Wildman–Crippen MR) is 237 cm³/mol. The van der Waals surface area contributed by atoms with Crippen LogP contribution in [-0.4, -0.2) is 0 Å². The normalized spacial score (nSPS) is 14.5. The Kier molecular flexibility index (Phi) is 8.45. The van der Waals surface area contributed by atoms with Gasteiger partial charge in [0.15, 0.2) is 0 Å². The third kappa shape index (κ3) is 5.94. The molecule has 0 fully saturated rings. The molecule has 0 bridgehead atoms. The second-order valence-corrected chi connectivity index (χ2v) is 19.2. The molecular formula is C52H58N2. The molecule has 8 rings (SSSR count). The highest BCUT2D eigenvalue weighted by Crippen LogP contribution is 2.53. The zero-order chi connectivity index (χ0) is 38.5. The zero-order valence-corrected chi connectivity index (χ0v) is 34.7. The van der Waals surface area contributed by atoms with Gasteiger partial charge in [0.2, 0.25) is 0 Å². The number of hydrogen-bond acceptors (Lipinski definition) is 2. The van der Waals surface area contributed by atoms with Crippen LogP contribution in [0.5, 0.6) is 0 Å². The molecule has 1 aliphatic rings. The standard InChI is InChI=1S/C52H58N2/c1-31(2)41-30-44(53-37-20-16-35(17-21-37)50(5,6)7)42-29-43-46-34(26-27-52(43,11)12)28-45(40-25-24-39(41)47(42)48(40)46)54(49-32(3)14-13-15-33(49)4)38-22-18-36(19-23-38)51(8,9)10/h13-25,28-31,53H,26-27H2,1-12H3. The Labute approximate surface area is 323 Å². The second-order valence-electron chi connectivity index (χ2n) is 19.2. The molecule has 1 N–H and O–H groups in total. The summed E-state index contributed by atoms with van der Waals surface area (Å²) in [7, 11) is 0. The van der Waals surface area contributed by atoms with E-state index in [0.717, 1.165) is 18.5 Å². The number of nitrogens with zero attached hydrogens (tertiary/aromatic N) is 1. The summed E-state index contributed by atoms with van der Waals surface area (Å²) in [6.07, 6.45) is 2.18. The number of nitrogens with one attached hydrogen (secondary N) is 1. The minimum absolute atomic E-state index is 0.0543. The lowest BCUT2D eigenvalue weighted by Crippen LogP contribution is -2.24. The summed E-state index contributed by atoms with van der Waals surface area (Å²) < 4.78 is 0. The second kappa shape index (κ2) is 12.6. The molecule has 54 heavy (non-hydrogen) atoms. The fraction of sp³-hybridized carbons (Fsp3) is 0.346. The average molecular weight is 711 g/mol. The first-order chi connectivity index (χ1) is 25.4. The average Bonchev–Trinajstić information content (AvgIpc) is 3.11. The highest BCUT2D eigenvalue weighted by Gasteiger charge is 2.33. The molecule has 0 heterocycles. The van der Waals surface area contributed by atoms with Crippen LogP contribution >= 0.6 is 0 Å². The first-order valence-corrected chi connectivity index (χ1v) is 20.1. The van der Waals surface area contributed by atoms with Crippen molar-refractivity contribution in [2.45, 2.75) is 118 Å². The molecule has 0 saturated carbocycles. The molecule has 0 radical (unpaired) electrons. The number of aryl methyl sites for hydroxylation is 3. The van der Waals surface area contributed by atoms with Crippen LogP contribution < -0.4 is 10.2 Å². The summed E-state index contributed by atoms with van der Waals surface area (Å²) >= 11 is 0. The molecule has 0 amide bonds. The van der Waals surface area contributed by atoms with E-state index in [0.29, 0.717) is 5.92 Å². The first kappa shape index (κ1) is 36.2. The summed E-state index contributed by atoms with van der Waals surface area (Å²) in [5, 5.41) is 12.2. The van der Waals surface area contributed by atoms with Gasteiger partial charge in [-0.2, -0.15) is 0 Å². The summed E-state index contributed by atoms with van der Waals surface area (Å²) in [4.78, 5) is 2.57. The van der Waals surface area contributed by atoms with Crippen LogP contribution in [0.4, 0.5) is 28.4 Å². The maximum Gasteiger partial charge on any atom is 0.0543 e. The lowest BCUT2D eigenvalue weighted by atomic mass is 9.70. The van der Waals surface area contributed by atoms with Gasteiger partial charge in [0.05, 0.1) is 11.4 Å². The van der Waals surface area contributed by atoms with Crippen molar-refractivity contribution in [3.05, 3.63) is 136 Å². The van der Waals surface area contributed by atoms with Crippen LogP contribution in [0.25, 0.3) is 32.3 Å². The first-order valence-electron chi connectivity index (χ1n) is 20.1. The molecule has 2 nitrogen and oxygen atoms in total. The summed E-state index contributed by atoms with van der Waals surface area (Å²) in [6.45, 7) is 27.8. The minimum Gasteiger partial charge on any atom is -0.355 e. The number of para-hydroxylation sites is 1. The molecule has 0 saturated heterocycles. The van der Waals surface area contributed by atoms with Crippen LogP contribution in [0, 0.1) is 13.8 Å². The van der Waals surface area contributed by atoms with Crippen LogP contribution in [0.15, 0.2) is 97.1 Å². The molecular weight excluding hydrogens is 653 g/mol. The monoisotopic (exact) mass is 710 g/mol. The van der Waals surface area contributed by atoms with Gasteiger partial charge < -0.3 is 10.2 Å². The van der Waals surface area contributed by atoms with Crippen molar-refractivity contribution < 1.29 is 0 Å². The molecule has 0 atom stereocenters. The smallest absolute Gasteiger partial charge is 0.0543 e. The van der Waals surface area contributed by atoms with E-state index in [-0.39, 0.29) is 16.2 Å². The van der Waals surface area contributed by atoms with Crippen molar-refractivity contribution in [3.8, 4) is 0 Å². The van der Waals surface area contributed by atoms with Gasteiger partial charge in [-0.15, -0.1) is 0 Å². The lowest BCUT2D eigenvalue weighted by molar-refractivity contribution is 0.475. The Bertz CT molecular complexity index is 2510. The predicted octanol–water partition coefficient (Wildman–Crippen LogP) is 15.4. The summed E-state index contributed by atoms with van der Waals surface area (Å²) in [6, 6.07) is 37.5. The Morgan fingerprint density at radius 3 is 1.83 bits per heavy atom. The van der Waals surface area contributed by atoms with E-state index in [1.165, 1.54) is 94.0 Å². The van der Waals surface area contributed by atoms with Gasteiger partial charge in [-0.25, -0.2) is 0 Å². The van der Waals surface area contributed by atoms with Gasteiger partial charge in [0, 0.05) is 33.2 Å². The molecule has 0 unspecified atom stereocenters. The molecule has 0 aromatic heterocycles. The van der Waals surface area contributed by atoms with E-state index in [1.807, 2.05) is 0 Å². The van der Waals surface area contributed by atoms with Gasteiger partial charge in [-0.05, 0) is 146 Å². The lowest BCUT2D eigenvalue weighted by Gasteiger charge is -2.37. The van der Waals surface area contributed by atoms with E-state index in [2.05, 4.69) is 190 Å². The van der Waals surface area contributed by atoms with E-state index >= 15 is 0 Å². The van der Waals surface area contributed by atoms with E-state index in [4.69, 9.17) is 0 Å². The highest BCUT2D eigenvalue weighted by atomic mass is 15.1. The quantitative estimate of drug-likeness (QED) is 0.173. The maximum absolute atomic E-state index is 3.95. The van der Waals surface area contributed by atoms with Crippen LogP contribution in [-0.2, 0) is 22.7 Å². The summed E-state index contributed by atoms with van der Waals surface area (Å²) in [5.41, 5.74) is 15.9. The van der Waals surface area contributed by atoms with Gasteiger partial charge in [-0.1, -0.05) is 124 Å².